The molecule has 3 aromatic carbocycles. The van der Waals surface area contributed by atoms with Gasteiger partial charge in [-0.15, -0.1) is 0 Å². The van der Waals surface area contributed by atoms with Gasteiger partial charge in [-0.3, -0.25) is 4.79 Å². The minimum atomic E-state index is 0.0721. The van der Waals surface area contributed by atoms with Gasteiger partial charge in [0.2, 0.25) is 0 Å². The number of carbonyl (C=O) groups is 1. The zero-order valence-electron chi connectivity index (χ0n) is 14.6. The molecule has 0 saturated heterocycles. The Morgan fingerprint density at radius 3 is 2.38 bits per heavy atom. The molecular weight excluding hydrogens is 340 g/mol. The van der Waals surface area contributed by atoms with E-state index < -0.39 is 0 Å². The molecule has 3 aromatic rings. The summed E-state index contributed by atoms with van der Waals surface area (Å²) in [4.78, 5) is 15.9. The molecule has 0 N–H and O–H groups in total. The van der Waals surface area contributed by atoms with Gasteiger partial charge in [-0.1, -0.05) is 36.4 Å². The zero-order chi connectivity index (χ0) is 17.9. The summed E-state index contributed by atoms with van der Waals surface area (Å²) in [6, 6.07) is 26.2. The van der Waals surface area contributed by atoms with Crippen LogP contribution in [0.4, 0.5) is 11.4 Å². The van der Waals surface area contributed by atoms with Crippen molar-refractivity contribution in [2.75, 3.05) is 22.8 Å². The van der Waals surface area contributed by atoms with Crippen molar-refractivity contribution in [2.45, 2.75) is 11.3 Å². The highest BCUT2D eigenvalue weighted by molar-refractivity contribution is 8.00. The third-order valence-electron chi connectivity index (χ3n) is 4.60. The smallest absolute Gasteiger partial charge is 0.258 e. The Balaban J connectivity index is 1.47. The van der Waals surface area contributed by atoms with E-state index >= 15 is 0 Å². The van der Waals surface area contributed by atoms with Crippen molar-refractivity contribution < 1.29 is 4.79 Å². The normalized spacial score (nSPS) is 12.7. The number of amides is 1. The van der Waals surface area contributed by atoms with Crippen LogP contribution in [0.5, 0.6) is 0 Å². The summed E-state index contributed by atoms with van der Waals surface area (Å²) in [7, 11) is 2.04. The molecule has 130 valence electrons. The molecule has 4 rings (SSSR count). The average Bonchev–Trinajstić information content (AvgIpc) is 3.13. The predicted molar refractivity (Wildman–Crippen MR) is 109 cm³/mol. The Morgan fingerprint density at radius 1 is 0.923 bits per heavy atom. The van der Waals surface area contributed by atoms with Crippen LogP contribution in [-0.2, 0) is 6.42 Å². The van der Waals surface area contributed by atoms with Crippen LogP contribution in [0.1, 0.15) is 15.9 Å². The summed E-state index contributed by atoms with van der Waals surface area (Å²) in [6.07, 6.45) is 0.928. The lowest BCUT2D eigenvalue weighted by Crippen LogP contribution is -2.28. The lowest BCUT2D eigenvalue weighted by Gasteiger charge is -2.19. The van der Waals surface area contributed by atoms with Crippen molar-refractivity contribution in [3.8, 4) is 0 Å². The quantitative estimate of drug-likeness (QED) is 0.610. The second-order valence-corrected chi connectivity index (χ2v) is 7.49. The van der Waals surface area contributed by atoms with Crippen molar-refractivity contribution in [3.05, 3.63) is 90.0 Å². The maximum absolute atomic E-state index is 12.9. The molecule has 0 radical (unpaired) electrons. The van der Waals surface area contributed by atoms with Crippen LogP contribution in [0, 0.1) is 0 Å². The van der Waals surface area contributed by atoms with Crippen molar-refractivity contribution in [1.29, 1.82) is 0 Å². The summed E-state index contributed by atoms with van der Waals surface area (Å²) in [5.74, 6) is 0.0721. The van der Waals surface area contributed by atoms with Gasteiger partial charge >= 0.3 is 0 Å². The fraction of sp³-hybridized carbons (Fsp3) is 0.136. The summed E-state index contributed by atoms with van der Waals surface area (Å²) in [5, 5.41) is 0. The van der Waals surface area contributed by atoms with E-state index in [4.69, 9.17) is 0 Å². The number of nitrogens with zero attached hydrogens (tertiary/aromatic N) is 2. The SMILES string of the molecule is CN(Sc1ccc(C(=O)N2CCc3ccccc32)cc1)c1ccccc1. The number of hydrogen-bond acceptors (Lipinski definition) is 3. The van der Waals surface area contributed by atoms with Crippen LogP contribution in [0.2, 0.25) is 0 Å². The van der Waals surface area contributed by atoms with Crippen LogP contribution in [0.25, 0.3) is 0 Å². The first-order valence-corrected chi connectivity index (χ1v) is 9.46. The lowest BCUT2D eigenvalue weighted by atomic mass is 10.1. The van der Waals surface area contributed by atoms with Crippen molar-refractivity contribution in [3.63, 3.8) is 0 Å². The van der Waals surface area contributed by atoms with E-state index in [1.54, 1.807) is 11.9 Å². The molecule has 0 spiro atoms. The van der Waals surface area contributed by atoms with E-state index in [0.29, 0.717) is 0 Å². The van der Waals surface area contributed by atoms with E-state index in [0.717, 1.165) is 34.8 Å². The molecule has 1 aliphatic rings. The molecule has 0 bridgehead atoms. The fourth-order valence-corrected chi connectivity index (χ4v) is 4.01. The molecule has 0 unspecified atom stereocenters. The Hall–Kier alpha value is -2.72. The van der Waals surface area contributed by atoms with Crippen LogP contribution in [0.15, 0.2) is 83.8 Å². The van der Waals surface area contributed by atoms with E-state index in [-0.39, 0.29) is 5.91 Å². The van der Waals surface area contributed by atoms with Crippen LogP contribution in [0.3, 0.4) is 0 Å². The number of carbonyl (C=O) groups excluding carboxylic acids is 1. The summed E-state index contributed by atoms with van der Waals surface area (Å²) >= 11 is 1.65. The first-order chi connectivity index (χ1) is 12.7. The Kier molecular flexibility index (Phi) is 4.67. The molecule has 1 aliphatic heterocycles. The minimum absolute atomic E-state index is 0.0721. The van der Waals surface area contributed by atoms with Crippen molar-refractivity contribution in [2.24, 2.45) is 0 Å². The first kappa shape index (κ1) is 16.7. The third kappa shape index (κ3) is 3.33. The molecule has 3 nitrogen and oxygen atoms in total. The molecule has 4 heteroatoms. The Labute approximate surface area is 158 Å². The molecule has 0 saturated carbocycles. The van der Waals surface area contributed by atoms with Gasteiger partial charge < -0.3 is 9.21 Å². The topological polar surface area (TPSA) is 23.6 Å². The van der Waals surface area contributed by atoms with Gasteiger partial charge in [-0.05, 0) is 66.4 Å². The summed E-state index contributed by atoms with van der Waals surface area (Å²) < 4.78 is 2.12. The van der Waals surface area contributed by atoms with E-state index in [1.165, 1.54) is 5.56 Å². The first-order valence-electron chi connectivity index (χ1n) is 8.69. The highest BCUT2D eigenvalue weighted by Gasteiger charge is 2.24. The summed E-state index contributed by atoms with van der Waals surface area (Å²) in [5.41, 5.74) is 4.16. The second-order valence-electron chi connectivity index (χ2n) is 6.28. The van der Waals surface area contributed by atoms with Crippen LogP contribution < -0.4 is 9.21 Å². The van der Waals surface area contributed by atoms with E-state index in [2.05, 4.69) is 22.5 Å². The number of hydrogen-bond donors (Lipinski definition) is 0. The largest absolute Gasteiger partial charge is 0.315 e. The molecule has 0 aliphatic carbocycles. The monoisotopic (exact) mass is 360 g/mol. The maximum atomic E-state index is 12.9. The van der Waals surface area contributed by atoms with Crippen LogP contribution >= 0.6 is 11.9 Å². The molecule has 1 amide bonds. The van der Waals surface area contributed by atoms with Crippen molar-refractivity contribution in [1.82, 2.24) is 0 Å². The van der Waals surface area contributed by atoms with E-state index in [1.807, 2.05) is 72.6 Å². The molecule has 0 aromatic heterocycles. The van der Waals surface area contributed by atoms with Gasteiger partial charge in [0.25, 0.3) is 5.91 Å². The maximum Gasteiger partial charge on any atom is 0.258 e. The highest BCUT2D eigenvalue weighted by Crippen LogP contribution is 2.30. The number of anilines is 2. The zero-order valence-corrected chi connectivity index (χ0v) is 15.4. The molecule has 1 heterocycles. The van der Waals surface area contributed by atoms with Gasteiger partial charge in [0.15, 0.2) is 0 Å². The van der Waals surface area contributed by atoms with Gasteiger partial charge in [0, 0.05) is 35.4 Å². The van der Waals surface area contributed by atoms with Crippen LogP contribution in [-0.4, -0.2) is 19.5 Å². The second kappa shape index (κ2) is 7.26. The summed E-state index contributed by atoms with van der Waals surface area (Å²) in [6.45, 7) is 0.755. The Bertz CT molecular complexity index is 909. The van der Waals surface area contributed by atoms with Gasteiger partial charge in [0.1, 0.15) is 0 Å². The standard InChI is InChI=1S/C22H20N2OS/c1-23(19-8-3-2-4-9-19)26-20-13-11-18(12-14-20)22(25)24-16-15-17-7-5-6-10-21(17)24/h2-14H,15-16H2,1H3. The highest BCUT2D eigenvalue weighted by atomic mass is 32.2. The molecule has 26 heavy (non-hydrogen) atoms. The number of benzene rings is 3. The van der Waals surface area contributed by atoms with Gasteiger partial charge in [0.05, 0.1) is 0 Å². The van der Waals surface area contributed by atoms with Gasteiger partial charge in [-0.25, -0.2) is 0 Å². The predicted octanol–water partition coefficient (Wildman–Crippen LogP) is 5.03. The number of rotatable bonds is 4. The average molecular weight is 360 g/mol. The Morgan fingerprint density at radius 2 is 1.62 bits per heavy atom. The molecule has 0 atom stereocenters. The molecular formula is C22H20N2OS. The number of fused-ring (bicyclic) bond motifs is 1. The lowest BCUT2D eigenvalue weighted by molar-refractivity contribution is 0.0989. The van der Waals surface area contributed by atoms with E-state index in [9.17, 15) is 4.79 Å². The minimum Gasteiger partial charge on any atom is -0.315 e. The third-order valence-corrected chi connectivity index (χ3v) is 5.56. The molecule has 0 fully saturated rings. The fourth-order valence-electron chi connectivity index (χ4n) is 3.21. The van der Waals surface area contributed by atoms with Crippen molar-refractivity contribution >= 4 is 29.2 Å². The number of para-hydroxylation sites is 2. The van der Waals surface area contributed by atoms with Gasteiger partial charge in [-0.2, -0.15) is 0 Å².